The summed E-state index contributed by atoms with van der Waals surface area (Å²) >= 11 is 1.34. The summed E-state index contributed by atoms with van der Waals surface area (Å²) in [6, 6.07) is 21.5. The summed E-state index contributed by atoms with van der Waals surface area (Å²) in [4.78, 5) is 17.0. The van der Waals surface area contributed by atoms with Crippen LogP contribution in [0.15, 0.2) is 78.1 Å². The van der Waals surface area contributed by atoms with Crippen molar-refractivity contribution in [1.29, 1.82) is 0 Å². The highest BCUT2D eigenvalue weighted by Gasteiger charge is 2.18. The zero-order valence-corrected chi connectivity index (χ0v) is 17.6. The number of pyridine rings is 1. The summed E-state index contributed by atoms with van der Waals surface area (Å²) < 4.78 is 1.93. The Labute approximate surface area is 179 Å². The monoisotopic (exact) mass is 415 g/mol. The highest BCUT2D eigenvalue weighted by atomic mass is 32.2. The second-order valence-electron chi connectivity index (χ2n) is 6.85. The van der Waals surface area contributed by atoms with Gasteiger partial charge in [0, 0.05) is 17.6 Å². The molecule has 2 aromatic heterocycles. The van der Waals surface area contributed by atoms with E-state index in [0.29, 0.717) is 11.0 Å². The molecular formula is C23H21N5OS. The fourth-order valence-electron chi connectivity index (χ4n) is 3.02. The molecule has 0 radical (unpaired) electrons. The van der Waals surface area contributed by atoms with Crippen LogP contribution in [0.4, 0.5) is 5.69 Å². The summed E-state index contributed by atoms with van der Waals surface area (Å²) in [7, 11) is 0. The molecule has 2 heterocycles. The normalized spacial score (nSPS) is 10.7. The molecule has 7 heteroatoms. The molecule has 30 heavy (non-hydrogen) atoms. The van der Waals surface area contributed by atoms with Crippen molar-refractivity contribution in [3.8, 4) is 17.2 Å². The molecule has 0 bridgehead atoms. The number of para-hydroxylation sites is 1. The van der Waals surface area contributed by atoms with E-state index in [-0.39, 0.29) is 11.7 Å². The quantitative estimate of drug-likeness (QED) is 0.463. The number of benzene rings is 2. The van der Waals surface area contributed by atoms with Crippen LogP contribution in [0, 0.1) is 13.8 Å². The van der Waals surface area contributed by atoms with Crippen LogP contribution in [0.2, 0.25) is 0 Å². The number of nitrogens with one attached hydrogen (secondary N) is 1. The summed E-state index contributed by atoms with van der Waals surface area (Å²) in [6.45, 7) is 3.98. The number of aromatic nitrogens is 4. The average Bonchev–Trinajstić information content (AvgIpc) is 3.20. The first-order valence-electron chi connectivity index (χ1n) is 9.54. The van der Waals surface area contributed by atoms with Crippen LogP contribution in [0.5, 0.6) is 0 Å². The van der Waals surface area contributed by atoms with Gasteiger partial charge >= 0.3 is 0 Å². The van der Waals surface area contributed by atoms with Crippen molar-refractivity contribution in [3.63, 3.8) is 0 Å². The maximum Gasteiger partial charge on any atom is 0.234 e. The van der Waals surface area contributed by atoms with Gasteiger partial charge in [-0.3, -0.25) is 14.3 Å². The number of nitrogens with zero attached hydrogens (tertiary/aromatic N) is 4. The highest BCUT2D eigenvalue weighted by molar-refractivity contribution is 7.99. The number of rotatable bonds is 6. The predicted molar refractivity (Wildman–Crippen MR) is 120 cm³/mol. The van der Waals surface area contributed by atoms with Gasteiger partial charge in [0.25, 0.3) is 0 Å². The molecule has 4 aromatic rings. The molecule has 1 N–H and O–H groups in total. The molecule has 0 aliphatic carbocycles. The van der Waals surface area contributed by atoms with Crippen LogP contribution in [-0.4, -0.2) is 31.4 Å². The SMILES string of the molecule is Cc1ccc(C)c(NC(=O)CSc2nnc(-c3ccccn3)n2-c2ccccc2)c1. The van der Waals surface area contributed by atoms with Crippen molar-refractivity contribution >= 4 is 23.4 Å². The maximum atomic E-state index is 12.6. The Morgan fingerprint density at radius 2 is 1.80 bits per heavy atom. The van der Waals surface area contributed by atoms with Gasteiger partial charge in [0.2, 0.25) is 5.91 Å². The summed E-state index contributed by atoms with van der Waals surface area (Å²) in [5, 5.41) is 12.3. The average molecular weight is 416 g/mol. The van der Waals surface area contributed by atoms with E-state index in [1.807, 2.05) is 85.1 Å². The zero-order valence-electron chi connectivity index (χ0n) is 16.7. The van der Waals surface area contributed by atoms with Crippen molar-refractivity contribution in [2.75, 3.05) is 11.1 Å². The summed E-state index contributed by atoms with van der Waals surface area (Å²) in [6.07, 6.45) is 1.73. The van der Waals surface area contributed by atoms with Gasteiger partial charge in [-0.25, -0.2) is 0 Å². The van der Waals surface area contributed by atoms with Crippen LogP contribution in [0.3, 0.4) is 0 Å². The number of thioether (sulfide) groups is 1. The van der Waals surface area contributed by atoms with Gasteiger partial charge in [0.05, 0.1) is 5.75 Å². The van der Waals surface area contributed by atoms with Crippen molar-refractivity contribution in [1.82, 2.24) is 19.7 Å². The smallest absolute Gasteiger partial charge is 0.234 e. The van der Waals surface area contributed by atoms with Crippen LogP contribution in [0.25, 0.3) is 17.2 Å². The van der Waals surface area contributed by atoms with E-state index in [4.69, 9.17) is 0 Å². The number of hydrogen-bond donors (Lipinski definition) is 1. The van der Waals surface area contributed by atoms with E-state index in [1.165, 1.54) is 11.8 Å². The van der Waals surface area contributed by atoms with Crippen LogP contribution >= 0.6 is 11.8 Å². The minimum Gasteiger partial charge on any atom is -0.325 e. The molecule has 1 amide bonds. The largest absolute Gasteiger partial charge is 0.325 e. The minimum atomic E-state index is -0.0873. The molecule has 0 aliphatic rings. The molecule has 0 saturated heterocycles. The predicted octanol–water partition coefficient (Wildman–Crippen LogP) is 4.68. The first-order valence-corrected chi connectivity index (χ1v) is 10.5. The van der Waals surface area contributed by atoms with E-state index < -0.39 is 0 Å². The lowest BCUT2D eigenvalue weighted by atomic mass is 10.1. The van der Waals surface area contributed by atoms with E-state index in [2.05, 4.69) is 20.5 Å². The number of anilines is 1. The number of carbonyl (C=O) groups excluding carboxylic acids is 1. The molecule has 0 spiro atoms. The van der Waals surface area contributed by atoms with Gasteiger partial charge in [-0.15, -0.1) is 10.2 Å². The van der Waals surface area contributed by atoms with E-state index in [9.17, 15) is 4.79 Å². The third-order valence-corrected chi connectivity index (χ3v) is 5.47. The van der Waals surface area contributed by atoms with Gasteiger partial charge < -0.3 is 5.32 Å². The minimum absolute atomic E-state index is 0.0873. The molecule has 0 unspecified atom stereocenters. The first kappa shape index (κ1) is 19.8. The molecule has 0 fully saturated rings. The fourth-order valence-corrected chi connectivity index (χ4v) is 3.77. The van der Waals surface area contributed by atoms with E-state index in [0.717, 1.165) is 28.2 Å². The Morgan fingerprint density at radius 3 is 2.57 bits per heavy atom. The van der Waals surface area contributed by atoms with Crippen molar-refractivity contribution in [3.05, 3.63) is 84.1 Å². The lowest BCUT2D eigenvalue weighted by molar-refractivity contribution is -0.113. The number of hydrogen-bond acceptors (Lipinski definition) is 5. The molecule has 0 saturated carbocycles. The zero-order chi connectivity index (χ0) is 20.9. The summed E-state index contributed by atoms with van der Waals surface area (Å²) in [5.41, 5.74) is 4.61. The second-order valence-corrected chi connectivity index (χ2v) is 7.79. The molecule has 0 atom stereocenters. The molecular weight excluding hydrogens is 394 g/mol. The standard InChI is InChI=1S/C23H21N5OS/c1-16-11-12-17(2)20(14-16)25-21(29)15-30-23-27-26-22(19-10-6-7-13-24-19)28(23)18-8-4-3-5-9-18/h3-14H,15H2,1-2H3,(H,25,29). The number of amides is 1. The Morgan fingerprint density at radius 1 is 1.00 bits per heavy atom. The van der Waals surface area contributed by atoms with E-state index >= 15 is 0 Å². The molecule has 0 aliphatic heterocycles. The van der Waals surface area contributed by atoms with Crippen molar-refractivity contribution < 1.29 is 4.79 Å². The summed E-state index contributed by atoms with van der Waals surface area (Å²) in [5.74, 6) is 0.774. The van der Waals surface area contributed by atoms with Gasteiger partial charge in [-0.2, -0.15) is 0 Å². The number of aryl methyl sites for hydroxylation is 2. The van der Waals surface area contributed by atoms with Crippen LogP contribution < -0.4 is 5.32 Å². The second kappa shape index (κ2) is 8.92. The van der Waals surface area contributed by atoms with Crippen LogP contribution in [0.1, 0.15) is 11.1 Å². The first-order chi connectivity index (χ1) is 14.6. The van der Waals surface area contributed by atoms with Crippen LogP contribution in [-0.2, 0) is 4.79 Å². The molecule has 4 rings (SSSR count). The molecule has 6 nitrogen and oxygen atoms in total. The van der Waals surface area contributed by atoms with Gasteiger partial charge in [-0.1, -0.05) is 48.2 Å². The number of carbonyl (C=O) groups is 1. The van der Waals surface area contributed by atoms with Crippen molar-refractivity contribution in [2.45, 2.75) is 19.0 Å². The Balaban J connectivity index is 1.58. The maximum absolute atomic E-state index is 12.6. The van der Waals surface area contributed by atoms with Gasteiger partial charge in [0.1, 0.15) is 5.69 Å². The Bertz CT molecular complexity index is 1160. The van der Waals surface area contributed by atoms with Gasteiger partial charge in [-0.05, 0) is 55.3 Å². The lowest BCUT2D eigenvalue weighted by Gasteiger charge is -2.11. The third-order valence-electron chi connectivity index (χ3n) is 4.54. The highest BCUT2D eigenvalue weighted by Crippen LogP contribution is 2.27. The van der Waals surface area contributed by atoms with Crippen molar-refractivity contribution in [2.24, 2.45) is 0 Å². The lowest BCUT2D eigenvalue weighted by Crippen LogP contribution is -2.15. The molecule has 2 aromatic carbocycles. The van der Waals surface area contributed by atoms with E-state index in [1.54, 1.807) is 6.20 Å². The molecule has 150 valence electrons. The Kier molecular flexibility index (Phi) is 5.90. The Hall–Kier alpha value is -3.45. The topological polar surface area (TPSA) is 72.7 Å². The fraction of sp³-hybridized carbons (Fsp3) is 0.130. The third kappa shape index (κ3) is 4.41. The van der Waals surface area contributed by atoms with Gasteiger partial charge in [0.15, 0.2) is 11.0 Å².